The third-order valence-corrected chi connectivity index (χ3v) is 3.18. The summed E-state index contributed by atoms with van der Waals surface area (Å²) in [7, 11) is 0. The van der Waals surface area contributed by atoms with Gasteiger partial charge in [-0.3, -0.25) is 9.59 Å². The molecule has 2 rings (SSSR count). The van der Waals surface area contributed by atoms with Gasteiger partial charge in [-0.05, 0) is 25.1 Å². The van der Waals surface area contributed by atoms with Crippen molar-refractivity contribution in [2.75, 3.05) is 0 Å². The van der Waals surface area contributed by atoms with Crippen molar-refractivity contribution in [3.05, 3.63) is 69.4 Å². The molecule has 2 aromatic rings. The number of alkyl halides is 3. The maximum atomic E-state index is 13.6. The van der Waals surface area contributed by atoms with Gasteiger partial charge in [-0.15, -0.1) is 0 Å². The molecule has 2 N–H and O–H groups in total. The Morgan fingerprint density at radius 3 is 2.39 bits per heavy atom. The molecule has 1 aromatic heterocycles. The van der Waals surface area contributed by atoms with Crippen LogP contribution in [0.5, 0.6) is 0 Å². The quantitative estimate of drug-likeness (QED) is 0.851. The standard InChI is InChI=1S/C15H12F4N2O2/c1-8(9-4-2-3-5-11(9)16)20-13(22)10-6-7-12(15(17,18)19)21-14(10)23/h2-8H,1H3,(H,20,22)(H,21,23)/t8-/m1/s1. The molecular weight excluding hydrogens is 316 g/mol. The molecule has 0 aliphatic heterocycles. The van der Waals surface area contributed by atoms with Crippen LogP contribution in [0.2, 0.25) is 0 Å². The first-order chi connectivity index (χ1) is 10.7. The summed E-state index contributed by atoms with van der Waals surface area (Å²) in [6.07, 6.45) is -4.71. The second kappa shape index (κ2) is 6.23. The fourth-order valence-electron chi connectivity index (χ4n) is 2.00. The van der Waals surface area contributed by atoms with Gasteiger partial charge in [-0.2, -0.15) is 13.2 Å². The van der Waals surface area contributed by atoms with Crippen LogP contribution in [-0.2, 0) is 6.18 Å². The van der Waals surface area contributed by atoms with E-state index in [1.807, 2.05) is 0 Å². The summed E-state index contributed by atoms with van der Waals surface area (Å²) >= 11 is 0. The van der Waals surface area contributed by atoms with Crippen molar-refractivity contribution in [1.82, 2.24) is 10.3 Å². The van der Waals surface area contributed by atoms with Gasteiger partial charge in [-0.1, -0.05) is 18.2 Å². The van der Waals surface area contributed by atoms with Crippen molar-refractivity contribution >= 4 is 5.91 Å². The maximum absolute atomic E-state index is 13.6. The number of pyridine rings is 1. The minimum absolute atomic E-state index is 0.198. The molecule has 0 aliphatic rings. The van der Waals surface area contributed by atoms with Crippen LogP contribution in [0.4, 0.5) is 17.6 Å². The topological polar surface area (TPSA) is 62.0 Å². The van der Waals surface area contributed by atoms with Crippen LogP contribution in [0.1, 0.15) is 34.6 Å². The zero-order chi connectivity index (χ0) is 17.2. The van der Waals surface area contributed by atoms with Crippen molar-refractivity contribution in [3.63, 3.8) is 0 Å². The minimum atomic E-state index is -4.71. The number of benzene rings is 1. The molecule has 4 nitrogen and oxygen atoms in total. The number of carbonyl (C=O) groups excluding carboxylic acids is 1. The average molecular weight is 328 g/mol. The number of rotatable bonds is 3. The van der Waals surface area contributed by atoms with E-state index in [1.54, 1.807) is 11.1 Å². The number of H-pyrrole nitrogens is 1. The molecule has 1 aromatic carbocycles. The number of hydrogen-bond donors (Lipinski definition) is 2. The first-order valence-corrected chi connectivity index (χ1v) is 6.56. The Kier molecular flexibility index (Phi) is 4.53. The predicted molar refractivity (Wildman–Crippen MR) is 74.3 cm³/mol. The second-order valence-electron chi connectivity index (χ2n) is 4.83. The summed E-state index contributed by atoms with van der Waals surface area (Å²) < 4.78 is 51.0. The van der Waals surface area contributed by atoms with Crippen molar-refractivity contribution in [2.45, 2.75) is 19.1 Å². The molecule has 122 valence electrons. The zero-order valence-electron chi connectivity index (χ0n) is 11.9. The molecule has 0 unspecified atom stereocenters. The molecule has 23 heavy (non-hydrogen) atoms. The Morgan fingerprint density at radius 2 is 1.83 bits per heavy atom. The minimum Gasteiger partial charge on any atom is -0.345 e. The highest BCUT2D eigenvalue weighted by Crippen LogP contribution is 2.26. The van der Waals surface area contributed by atoms with E-state index in [0.717, 1.165) is 6.07 Å². The van der Waals surface area contributed by atoms with E-state index in [1.165, 1.54) is 25.1 Å². The van der Waals surface area contributed by atoms with E-state index >= 15 is 0 Å². The van der Waals surface area contributed by atoms with Crippen molar-refractivity contribution in [2.24, 2.45) is 0 Å². The van der Waals surface area contributed by atoms with Gasteiger partial charge in [0, 0.05) is 5.56 Å². The molecule has 0 saturated carbocycles. The normalized spacial score (nSPS) is 12.7. The average Bonchev–Trinajstić information content (AvgIpc) is 2.46. The van der Waals surface area contributed by atoms with Crippen LogP contribution in [-0.4, -0.2) is 10.9 Å². The van der Waals surface area contributed by atoms with Crippen LogP contribution >= 0.6 is 0 Å². The Morgan fingerprint density at radius 1 is 1.17 bits per heavy atom. The number of amides is 1. The molecule has 0 radical (unpaired) electrons. The van der Waals surface area contributed by atoms with Crippen LogP contribution in [0.15, 0.2) is 41.2 Å². The molecule has 1 amide bonds. The monoisotopic (exact) mass is 328 g/mol. The lowest BCUT2D eigenvalue weighted by Gasteiger charge is -2.15. The predicted octanol–water partition coefficient (Wildman–Crippen LogP) is 3.02. The number of nitrogens with one attached hydrogen (secondary N) is 2. The largest absolute Gasteiger partial charge is 0.431 e. The Labute approximate surface area is 128 Å². The van der Waals surface area contributed by atoms with Crippen LogP contribution < -0.4 is 10.9 Å². The van der Waals surface area contributed by atoms with E-state index in [0.29, 0.717) is 6.07 Å². The first kappa shape index (κ1) is 16.7. The molecule has 1 heterocycles. The molecule has 0 saturated heterocycles. The summed E-state index contributed by atoms with van der Waals surface area (Å²) in [4.78, 5) is 25.2. The Hall–Kier alpha value is -2.64. The smallest absolute Gasteiger partial charge is 0.345 e. The molecule has 1 atom stereocenters. The molecule has 0 aliphatic carbocycles. The SMILES string of the molecule is C[C@@H](NC(=O)c1ccc(C(F)(F)F)[nH]c1=O)c1ccccc1F. The van der Waals surface area contributed by atoms with E-state index in [-0.39, 0.29) is 5.56 Å². The lowest BCUT2D eigenvalue weighted by atomic mass is 10.1. The van der Waals surface area contributed by atoms with Gasteiger partial charge in [-0.25, -0.2) is 4.39 Å². The number of aromatic amines is 1. The Balaban J connectivity index is 2.22. The van der Waals surface area contributed by atoms with Crippen molar-refractivity contribution < 1.29 is 22.4 Å². The second-order valence-corrected chi connectivity index (χ2v) is 4.83. The van der Waals surface area contributed by atoms with E-state index in [9.17, 15) is 27.2 Å². The molecule has 0 fully saturated rings. The van der Waals surface area contributed by atoms with Gasteiger partial charge in [0.2, 0.25) is 0 Å². The molecule has 0 bridgehead atoms. The molecular formula is C15H12F4N2O2. The number of carbonyl (C=O) groups is 1. The zero-order valence-corrected chi connectivity index (χ0v) is 11.9. The van der Waals surface area contributed by atoms with Gasteiger partial charge in [0.25, 0.3) is 11.5 Å². The molecule has 0 spiro atoms. The fraction of sp³-hybridized carbons (Fsp3) is 0.200. The maximum Gasteiger partial charge on any atom is 0.431 e. The number of hydrogen-bond acceptors (Lipinski definition) is 2. The lowest BCUT2D eigenvalue weighted by Crippen LogP contribution is -2.32. The van der Waals surface area contributed by atoms with Gasteiger partial charge in [0.1, 0.15) is 17.1 Å². The van der Waals surface area contributed by atoms with E-state index in [2.05, 4.69) is 5.32 Å². The highest BCUT2D eigenvalue weighted by molar-refractivity contribution is 5.94. The van der Waals surface area contributed by atoms with Crippen LogP contribution in [0, 0.1) is 5.82 Å². The van der Waals surface area contributed by atoms with E-state index in [4.69, 9.17) is 0 Å². The third-order valence-electron chi connectivity index (χ3n) is 3.18. The summed E-state index contributed by atoms with van der Waals surface area (Å²) in [5, 5.41) is 2.37. The van der Waals surface area contributed by atoms with Gasteiger partial charge < -0.3 is 10.3 Å². The summed E-state index contributed by atoms with van der Waals surface area (Å²) in [5.74, 6) is -1.43. The highest BCUT2D eigenvalue weighted by Gasteiger charge is 2.32. The number of aromatic nitrogens is 1. The Bertz CT molecular complexity index is 784. The van der Waals surface area contributed by atoms with Gasteiger partial charge >= 0.3 is 6.18 Å². The van der Waals surface area contributed by atoms with Crippen LogP contribution in [0.3, 0.4) is 0 Å². The summed E-state index contributed by atoms with van der Waals surface area (Å²) in [5.41, 5.74) is -2.70. The third kappa shape index (κ3) is 3.77. The number of halogens is 4. The lowest BCUT2D eigenvalue weighted by molar-refractivity contribution is -0.141. The first-order valence-electron chi connectivity index (χ1n) is 6.56. The highest BCUT2D eigenvalue weighted by atomic mass is 19.4. The fourth-order valence-corrected chi connectivity index (χ4v) is 2.00. The van der Waals surface area contributed by atoms with Gasteiger partial charge in [0.15, 0.2) is 0 Å². The van der Waals surface area contributed by atoms with Crippen LogP contribution in [0.25, 0.3) is 0 Å². The summed E-state index contributed by atoms with van der Waals surface area (Å²) in [6, 6.07) is 6.35. The summed E-state index contributed by atoms with van der Waals surface area (Å²) in [6.45, 7) is 1.49. The van der Waals surface area contributed by atoms with Gasteiger partial charge in [0.05, 0.1) is 6.04 Å². The van der Waals surface area contributed by atoms with Crippen molar-refractivity contribution in [3.8, 4) is 0 Å². The molecule has 8 heteroatoms. The van der Waals surface area contributed by atoms with E-state index < -0.39 is 40.8 Å². The van der Waals surface area contributed by atoms with Crippen molar-refractivity contribution in [1.29, 1.82) is 0 Å².